The second-order valence-corrected chi connectivity index (χ2v) is 5.82. The van der Waals surface area contributed by atoms with Crippen LogP contribution in [0, 0.1) is 0 Å². The summed E-state index contributed by atoms with van der Waals surface area (Å²) in [6.07, 6.45) is 5.16. The maximum absolute atomic E-state index is 9.40. The van der Waals surface area contributed by atoms with Gasteiger partial charge >= 0.3 is 0 Å². The van der Waals surface area contributed by atoms with Gasteiger partial charge < -0.3 is 20.2 Å². The number of likely N-dealkylation sites (N-methyl/N-ethyl adjacent to an activating group) is 2. The summed E-state index contributed by atoms with van der Waals surface area (Å²) in [6.45, 7) is 3.61. The standard InChI is InChI=1S/C13H27N3O/c1-15-7-3-4-13(9-15)16(2)8-12(10-17)14-11-5-6-11/h11-14,17H,3-10H2,1-2H3. The predicted molar refractivity (Wildman–Crippen MR) is 70.2 cm³/mol. The zero-order valence-electron chi connectivity index (χ0n) is 11.2. The van der Waals surface area contributed by atoms with E-state index in [1.807, 2.05) is 0 Å². The van der Waals surface area contributed by atoms with E-state index < -0.39 is 0 Å². The lowest BCUT2D eigenvalue weighted by molar-refractivity contribution is 0.112. The second-order valence-electron chi connectivity index (χ2n) is 5.82. The first-order chi connectivity index (χ1) is 8.19. The molecule has 100 valence electrons. The van der Waals surface area contributed by atoms with Gasteiger partial charge in [-0.15, -0.1) is 0 Å². The van der Waals surface area contributed by atoms with Crippen LogP contribution >= 0.6 is 0 Å². The van der Waals surface area contributed by atoms with Crippen LogP contribution in [0.2, 0.25) is 0 Å². The summed E-state index contributed by atoms with van der Waals surface area (Å²) in [5.74, 6) is 0. The lowest BCUT2D eigenvalue weighted by Crippen LogP contribution is -2.50. The number of aliphatic hydroxyl groups excluding tert-OH is 1. The third kappa shape index (κ3) is 4.21. The zero-order chi connectivity index (χ0) is 12.3. The van der Waals surface area contributed by atoms with E-state index in [0.29, 0.717) is 12.1 Å². The van der Waals surface area contributed by atoms with E-state index in [9.17, 15) is 5.11 Å². The molecule has 17 heavy (non-hydrogen) atoms. The van der Waals surface area contributed by atoms with Gasteiger partial charge in [0.25, 0.3) is 0 Å². The van der Waals surface area contributed by atoms with Gasteiger partial charge in [-0.2, -0.15) is 0 Å². The molecule has 2 rings (SSSR count). The summed E-state index contributed by atoms with van der Waals surface area (Å²) >= 11 is 0. The van der Waals surface area contributed by atoms with Gasteiger partial charge in [0.2, 0.25) is 0 Å². The maximum Gasteiger partial charge on any atom is 0.0597 e. The fourth-order valence-corrected chi connectivity index (χ4v) is 2.74. The third-order valence-electron chi connectivity index (χ3n) is 4.00. The Morgan fingerprint density at radius 2 is 2.18 bits per heavy atom. The first-order valence-electron chi connectivity index (χ1n) is 6.94. The SMILES string of the molecule is CN1CCCC(N(C)CC(CO)NC2CC2)C1. The maximum atomic E-state index is 9.40. The van der Waals surface area contributed by atoms with Crippen LogP contribution in [0.15, 0.2) is 0 Å². The Hall–Kier alpha value is -0.160. The Bertz CT molecular complexity index is 233. The molecule has 1 saturated heterocycles. The van der Waals surface area contributed by atoms with Gasteiger partial charge in [-0.3, -0.25) is 0 Å². The minimum absolute atomic E-state index is 0.250. The number of nitrogens with zero attached hydrogens (tertiary/aromatic N) is 2. The summed E-state index contributed by atoms with van der Waals surface area (Å²) in [4.78, 5) is 4.83. The Kier molecular flexibility index (Phi) is 4.79. The Balaban J connectivity index is 1.75. The minimum Gasteiger partial charge on any atom is -0.395 e. The van der Waals surface area contributed by atoms with Gasteiger partial charge in [0, 0.05) is 31.2 Å². The fourth-order valence-electron chi connectivity index (χ4n) is 2.74. The number of aliphatic hydroxyl groups is 1. The van der Waals surface area contributed by atoms with Crippen molar-refractivity contribution in [1.82, 2.24) is 15.1 Å². The Morgan fingerprint density at radius 3 is 2.76 bits per heavy atom. The highest BCUT2D eigenvalue weighted by atomic mass is 16.3. The van der Waals surface area contributed by atoms with E-state index in [4.69, 9.17) is 0 Å². The number of likely N-dealkylation sites (tertiary alicyclic amines) is 1. The van der Waals surface area contributed by atoms with Gasteiger partial charge in [-0.25, -0.2) is 0 Å². The lowest BCUT2D eigenvalue weighted by atomic mass is 10.0. The molecule has 1 heterocycles. The van der Waals surface area contributed by atoms with Crippen LogP contribution in [-0.2, 0) is 0 Å². The van der Waals surface area contributed by atoms with E-state index in [-0.39, 0.29) is 12.6 Å². The Morgan fingerprint density at radius 1 is 1.41 bits per heavy atom. The molecule has 0 aromatic heterocycles. The normalized spacial score (nSPS) is 28.6. The van der Waals surface area contributed by atoms with Crippen molar-refractivity contribution < 1.29 is 5.11 Å². The summed E-state index contributed by atoms with van der Waals surface area (Å²) in [7, 11) is 4.40. The summed E-state index contributed by atoms with van der Waals surface area (Å²) in [5, 5.41) is 12.9. The predicted octanol–water partition coefficient (Wildman–Crippen LogP) is 0.125. The molecule has 1 saturated carbocycles. The highest BCUT2D eigenvalue weighted by Crippen LogP contribution is 2.20. The molecule has 4 nitrogen and oxygen atoms in total. The van der Waals surface area contributed by atoms with Gasteiger partial charge in [0.15, 0.2) is 0 Å². The zero-order valence-corrected chi connectivity index (χ0v) is 11.2. The van der Waals surface area contributed by atoms with Crippen LogP contribution in [0.3, 0.4) is 0 Å². The fraction of sp³-hybridized carbons (Fsp3) is 1.00. The molecule has 2 fully saturated rings. The van der Waals surface area contributed by atoms with E-state index in [1.165, 1.54) is 32.2 Å². The van der Waals surface area contributed by atoms with Gasteiger partial charge in [-0.1, -0.05) is 0 Å². The van der Waals surface area contributed by atoms with Crippen molar-refractivity contribution in [3.63, 3.8) is 0 Å². The molecule has 0 amide bonds. The van der Waals surface area contributed by atoms with Crippen molar-refractivity contribution in [2.75, 3.05) is 40.3 Å². The summed E-state index contributed by atoms with van der Waals surface area (Å²) in [6, 6.07) is 1.58. The number of hydrogen-bond donors (Lipinski definition) is 2. The number of hydrogen-bond acceptors (Lipinski definition) is 4. The average molecular weight is 241 g/mol. The number of piperidine rings is 1. The van der Waals surface area contributed by atoms with E-state index in [0.717, 1.165) is 13.1 Å². The molecule has 0 bridgehead atoms. The van der Waals surface area contributed by atoms with Crippen LogP contribution in [0.4, 0.5) is 0 Å². The van der Waals surface area contributed by atoms with Crippen LogP contribution in [-0.4, -0.2) is 73.4 Å². The monoisotopic (exact) mass is 241 g/mol. The molecular formula is C13H27N3O. The van der Waals surface area contributed by atoms with Crippen molar-refractivity contribution in [1.29, 1.82) is 0 Å². The molecular weight excluding hydrogens is 214 g/mol. The van der Waals surface area contributed by atoms with Gasteiger partial charge in [0.05, 0.1) is 6.61 Å². The van der Waals surface area contributed by atoms with E-state index in [2.05, 4.69) is 29.2 Å². The van der Waals surface area contributed by atoms with Gasteiger partial charge in [0.1, 0.15) is 0 Å². The van der Waals surface area contributed by atoms with Crippen LogP contribution < -0.4 is 5.32 Å². The van der Waals surface area contributed by atoms with E-state index in [1.54, 1.807) is 0 Å². The van der Waals surface area contributed by atoms with E-state index >= 15 is 0 Å². The molecule has 0 radical (unpaired) electrons. The summed E-state index contributed by atoms with van der Waals surface area (Å²) < 4.78 is 0. The first kappa shape index (κ1) is 13.3. The molecule has 1 aliphatic heterocycles. The lowest BCUT2D eigenvalue weighted by Gasteiger charge is -2.37. The van der Waals surface area contributed by atoms with Gasteiger partial charge in [-0.05, 0) is 46.3 Å². The van der Waals surface area contributed by atoms with Crippen LogP contribution in [0.25, 0.3) is 0 Å². The molecule has 2 unspecified atom stereocenters. The molecule has 0 aromatic rings. The molecule has 0 spiro atoms. The van der Waals surface area contributed by atoms with Crippen molar-refractivity contribution in [3.8, 4) is 0 Å². The van der Waals surface area contributed by atoms with Crippen molar-refractivity contribution in [2.24, 2.45) is 0 Å². The summed E-state index contributed by atoms with van der Waals surface area (Å²) in [5.41, 5.74) is 0. The molecule has 1 aliphatic carbocycles. The number of nitrogens with one attached hydrogen (secondary N) is 1. The highest BCUT2D eigenvalue weighted by Gasteiger charge is 2.27. The quantitative estimate of drug-likeness (QED) is 0.693. The highest BCUT2D eigenvalue weighted by molar-refractivity contribution is 4.87. The molecule has 0 aromatic carbocycles. The second kappa shape index (κ2) is 6.14. The van der Waals surface area contributed by atoms with Crippen molar-refractivity contribution in [3.05, 3.63) is 0 Å². The van der Waals surface area contributed by atoms with Crippen LogP contribution in [0.5, 0.6) is 0 Å². The molecule has 2 aliphatic rings. The Labute approximate surface area is 105 Å². The molecule has 2 atom stereocenters. The molecule has 4 heteroatoms. The first-order valence-corrected chi connectivity index (χ1v) is 6.94. The van der Waals surface area contributed by atoms with Crippen molar-refractivity contribution in [2.45, 2.75) is 43.8 Å². The minimum atomic E-state index is 0.250. The largest absolute Gasteiger partial charge is 0.395 e. The van der Waals surface area contributed by atoms with Crippen LogP contribution in [0.1, 0.15) is 25.7 Å². The average Bonchev–Trinajstić information content (AvgIpc) is 3.12. The van der Waals surface area contributed by atoms with Crippen molar-refractivity contribution >= 4 is 0 Å². The third-order valence-corrected chi connectivity index (χ3v) is 4.00. The smallest absolute Gasteiger partial charge is 0.0597 e. The topological polar surface area (TPSA) is 38.7 Å². The number of rotatable bonds is 6. The molecule has 2 N–H and O–H groups in total.